The summed E-state index contributed by atoms with van der Waals surface area (Å²) in [6, 6.07) is 9.33. The van der Waals surface area contributed by atoms with Gasteiger partial charge in [0.05, 0.1) is 22.4 Å². The summed E-state index contributed by atoms with van der Waals surface area (Å²) in [5.41, 5.74) is 1.78. The summed E-state index contributed by atoms with van der Waals surface area (Å²) in [6.45, 7) is 2.84. The topological polar surface area (TPSA) is 38.9 Å². The summed E-state index contributed by atoms with van der Waals surface area (Å²) in [5, 5.41) is 5.80. The minimum Gasteiger partial charge on any atom is -0.284 e. The van der Waals surface area contributed by atoms with Gasteiger partial charge in [-0.05, 0) is 68.5 Å². The molecule has 0 unspecified atom stereocenters. The van der Waals surface area contributed by atoms with E-state index in [1.54, 1.807) is 18.5 Å². The third kappa shape index (κ3) is 3.42. The van der Waals surface area contributed by atoms with Gasteiger partial charge in [0.1, 0.15) is 0 Å². The Morgan fingerprint density at radius 3 is 2.42 bits per heavy atom. The Hall–Kier alpha value is -1.73. The molecule has 2 aromatic heterocycles. The van der Waals surface area contributed by atoms with Crippen LogP contribution in [0.1, 0.15) is 12.8 Å². The number of aromatic nitrogens is 4. The van der Waals surface area contributed by atoms with Crippen LogP contribution in [-0.2, 0) is 6.67 Å². The molecule has 0 amide bonds. The Bertz CT molecular complexity index is 977. The highest BCUT2D eigenvalue weighted by Gasteiger charge is 2.18. The Labute approximate surface area is 166 Å². The second-order valence-corrected chi connectivity index (χ2v) is 7.42. The third-order valence-electron chi connectivity index (χ3n) is 4.47. The first-order valence-electron chi connectivity index (χ1n) is 8.41. The smallest absolute Gasteiger partial charge is 0.204 e. The average molecular weight is 406 g/mol. The summed E-state index contributed by atoms with van der Waals surface area (Å²) in [5.74, 6) is 0.759. The fourth-order valence-electron chi connectivity index (χ4n) is 3.16. The zero-order valence-electron chi connectivity index (χ0n) is 14.0. The number of pyridine rings is 1. The predicted molar refractivity (Wildman–Crippen MR) is 106 cm³/mol. The molecule has 0 aliphatic carbocycles. The van der Waals surface area contributed by atoms with Crippen LogP contribution in [-0.4, -0.2) is 37.3 Å². The molecule has 0 radical (unpaired) electrons. The SMILES string of the molecule is S=c1n(CN2CCCC2)nc(-c2ccncc2)n1-c1ccc(Cl)c(Cl)c1. The van der Waals surface area contributed by atoms with E-state index in [4.69, 9.17) is 40.5 Å². The molecule has 0 saturated carbocycles. The highest BCUT2D eigenvalue weighted by molar-refractivity contribution is 7.71. The molecule has 0 bridgehead atoms. The van der Waals surface area contributed by atoms with Crippen molar-refractivity contribution in [2.75, 3.05) is 13.1 Å². The Morgan fingerprint density at radius 1 is 1.00 bits per heavy atom. The largest absolute Gasteiger partial charge is 0.284 e. The van der Waals surface area contributed by atoms with Crippen molar-refractivity contribution in [3.05, 3.63) is 57.5 Å². The molecule has 0 N–H and O–H groups in total. The van der Waals surface area contributed by atoms with Crippen LogP contribution in [0.3, 0.4) is 0 Å². The number of rotatable bonds is 4. The Morgan fingerprint density at radius 2 is 1.73 bits per heavy atom. The normalized spacial score (nSPS) is 14.8. The summed E-state index contributed by atoms with van der Waals surface area (Å²) in [4.78, 5) is 6.45. The summed E-state index contributed by atoms with van der Waals surface area (Å²) < 4.78 is 4.43. The molecule has 3 heterocycles. The van der Waals surface area contributed by atoms with Crippen molar-refractivity contribution < 1.29 is 0 Å². The number of hydrogen-bond acceptors (Lipinski definition) is 4. The van der Waals surface area contributed by atoms with Gasteiger partial charge in [-0.1, -0.05) is 23.2 Å². The van der Waals surface area contributed by atoms with E-state index in [1.165, 1.54) is 12.8 Å². The Balaban J connectivity index is 1.85. The van der Waals surface area contributed by atoms with E-state index in [0.29, 0.717) is 21.5 Å². The molecular formula is C18H17Cl2N5S. The monoisotopic (exact) mass is 405 g/mol. The van der Waals surface area contributed by atoms with Crippen LogP contribution < -0.4 is 0 Å². The van der Waals surface area contributed by atoms with E-state index in [2.05, 4.69) is 9.88 Å². The van der Waals surface area contributed by atoms with Gasteiger partial charge in [0, 0.05) is 18.0 Å². The number of halogens is 2. The van der Waals surface area contributed by atoms with Gasteiger partial charge in [-0.25, -0.2) is 4.68 Å². The van der Waals surface area contributed by atoms with Crippen molar-refractivity contribution in [2.24, 2.45) is 0 Å². The Kier molecular flexibility index (Phi) is 5.09. The van der Waals surface area contributed by atoms with Crippen molar-refractivity contribution >= 4 is 35.4 Å². The number of hydrogen-bond donors (Lipinski definition) is 0. The van der Waals surface area contributed by atoms with Crippen LogP contribution >= 0.6 is 35.4 Å². The maximum atomic E-state index is 6.23. The van der Waals surface area contributed by atoms with Gasteiger partial charge in [0.15, 0.2) is 5.82 Å². The second-order valence-electron chi connectivity index (χ2n) is 6.24. The molecule has 0 atom stereocenters. The van der Waals surface area contributed by atoms with Gasteiger partial charge < -0.3 is 0 Å². The second kappa shape index (κ2) is 7.48. The van der Waals surface area contributed by atoms with Gasteiger partial charge in [-0.15, -0.1) is 5.10 Å². The fourth-order valence-corrected chi connectivity index (χ4v) is 3.74. The molecule has 26 heavy (non-hydrogen) atoms. The van der Waals surface area contributed by atoms with Crippen molar-refractivity contribution in [3.8, 4) is 17.1 Å². The molecule has 1 fully saturated rings. The van der Waals surface area contributed by atoms with Crippen molar-refractivity contribution in [2.45, 2.75) is 19.5 Å². The summed E-state index contributed by atoms with van der Waals surface area (Å²) in [6.07, 6.45) is 5.93. The van der Waals surface area contributed by atoms with E-state index >= 15 is 0 Å². The first kappa shape index (κ1) is 17.7. The summed E-state index contributed by atoms with van der Waals surface area (Å²) in [7, 11) is 0. The number of likely N-dealkylation sites (tertiary alicyclic amines) is 1. The minimum absolute atomic E-state index is 0.485. The lowest BCUT2D eigenvalue weighted by Gasteiger charge is -2.13. The lowest BCUT2D eigenvalue weighted by atomic mass is 10.2. The molecule has 1 saturated heterocycles. The van der Waals surface area contributed by atoms with Crippen LogP contribution in [0, 0.1) is 4.77 Å². The average Bonchev–Trinajstić information content (AvgIpc) is 3.27. The van der Waals surface area contributed by atoms with Gasteiger partial charge in [0.2, 0.25) is 4.77 Å². The molecular weight excluding hydrogens is 389 g/mol. The maximum absolute atomic E-state index is 6.23. The molecule has 134 valence electrons. The van der Waals surface area contributed by atoms with Crippen molar-refractivity contribution in [3.63, 3.8) is 0 Å². The highest BCUT2D eigenvalue weighted by Crippen LogP contribution is 2.28. The molecule has 8 heteroatoms. The van der Waals surface area contributed by atoms with Crippen molar-refractivity contribution in [1.29, 1.82) is 0 Å². The predicted octanol–water partition coefficient (Wildman–Crippen LogP) is 4.83. The third-order valence-corrected chi connectivity index (χ3v) is 5.60. The van der Waals surface area contributed by atoms with E-state index < -0.39 is 0 Å². The summed E-state index contributed by atoms with van der Waals surface area (Å²) >= 11 is 18.1. The van der Waals surface area contributed by atoms with Gasteiger partial charge in [0.25, 0.3) is 0 Å². The van der Waals surface area contributed by atoms with Gasteiger partial charge in [-0.2, -0.15) is 0 Å². The first-order chi connectivity index (χ1) is 12.6. The lowest BCUT2D eigenvalue weighted by Crippen LogP contribution is -2.23. The number of nitrogens with zero attached hydrogens (tertiary/aromatic N) is 5. The molecule has 1 aromatic carbocycles. The minimum atomic E-state index is 0.485. The molecule has 1 aliphatic rings. The zero-order chi connectivity index (χ0) is 18.1. The highest BCUT2D eigenvalue weighted by atomic mass is 35.5. The van der Waals surface area contributed by atoms with Crippen molar-refractivity contribution in [1.82, 2.24) is 24.2 Å². The zero-order valence-corrected chi connectivity index (χ0v) is 16.3. The molecule has 3 aromatic rings. The maximum Gasteiger partial charge on any atom is 0.204 e. The van der Waals surface area contributed by atoms with E-state index in [9.17, 15) is 0 Å². The van der Waals surface area contributed by atoms with E-state index in [-0.39, 0.29) is 0 Å². The lowest BCUT2D eigenvalue weighted by molar-refractivity contribution is 0.253. The van der Waals surface area contributed by atoms with Gasteiger partial charge >= 0.3 is 0 Å². The molecule has 4 rings (SSSR count). The van der Waals surface area contributed by atoms with Gasteiger partial charge in [-0.3, -0.25) is 14.5 Å². The van der Waals surface area contributed by atoms with Crippen LogP contribution in [0.2, 0.25) is 10.0 Å². The van der Waals surface area contributed by atoms with E-state index in [1.807, 2.05) is 33.5 Å². The van der Waals surface area contributed by atoms with E-state index in [0.717, 1.165) is 30.2 Å². The standard InChI is InChI=1S/C18H17Cl2N5S/c19-15-4-3-14(11-16(15)20)25-17(13-5-7-21-8-6-13)22-24(18(25)26)12-23-9-1-2-10-23/h3-8,11H,1-2,9-10,12H2. The molecule has 5 nitrogen and oxygen atoms in total. The van der Waals surface area contributed by atoms with Crippen LogP contribution in [0.4, 0.5) is 0 Å². The van der Waals surface area contributed by atoms with Crippen LogP contribution in [0.15, 0.2) is 42.7 Å². The molecule has 1 aliphatic heterocycles. The van der Waals surface area contributed by atoms with Crippen LogP contribution in [0.25, 0.3) is 17.1 Å². The molecule has 0 spiro atoms. The fraction of sp³-hybridized carbons (Fsp3) is 0.278. The quantitative estimate of drug-likeness (QED) is 0.582. The first-order valence-corrected chi connectivity index (χ1v) is 9.58. The number of benzene rings is 1. The van der Waals surface area contributed by atoms with Crippen LogP contribution in [0.5, 0.6) is 0 Å².